The van der Waals surface area contributed by atoms with Crippen LogP contribution in [0.4, 0.5) is 0 Å². The van der Waals surface area contributed by atoms with Crippen LogP contribution in [0.5, 0.6) is 5.75 Å². The van der Waals surface area contributed by atoms with E-state index in [2.05, 4.69) is 55.9 Å². The molecule has 0 spiro atoms. The van der Waals surface area contributed by atoms with Crippen LogP contribution in [0.2, 0.25) is 0 Å². The Kier molecular flexibility index (Phi) is 10.6. The van der Waals surface area contributed by atoms with Crippen LogP contribution in [0.15, 0.2) is 53.0 Å². The van der Waals surface area contributed by atoms with Crippen LogP contribution in [-0.4, -0.2) is 42.5 Å². The van der Waals surface area contributed by atoms with Gasteiger partial charge in [-0.15, -0.1) is 0 Å². The molecule has 34 heavy (non-hydrogen) atoms. The first-order valence-electron chi connectivity index (χ1n) is 12.1. The van der Waals surface area contributed by atoms with Gasteiger partial charge in [-0.3, -0.25) is 9.59 Å². The number of ether oxygens (including phenoxy) is 1. The van der Waals surface area contributed by atoms with Crippen LogP contribution in [0, 0.1) is 5.92 Å². The number of amides is 2. The number of hydrogen-bond acceptors (Lipinski definition) is 3. The van der Waals surface area contributed by atoms with Crippen LogP contribution in [0.3, 0.4) is 0 Å². The van der Waals surface area contributed by atoms with E-state index in [-0.39, 0.29) is 23.8 Å². The van der Waals surface area contributed by atoms with Gasteiger partial charge in [0.1, 0.15) is 11.8 Å². The lowest BCUT2D eigenvalue weighted by atomic mass is 9.87. The average Bonchev–Trinajstić information content (AvgIpc) is 2.79. The van der Waals surface area contributed by atoms with Crippen molar-refractivity contribution in [2.24, 2.45) is 5.92 Å². The van der Waals surface area contributed by atoms with Crippen molar-refractivity contribution in [1.29, 1.82) is 0 Å². The molecule has 0 aliphatic heterocycles. The van der Waals surface area contributed by atoms with E-state index in [4.69, 9.17) is 4.74 Å². The normalized spacial score (nSPS) is 12.4. The molecule has 1 N–H and O–H groups in total. The standard InChI is InChI=1S/C28H39BrN2O3/c1-7-24(27(33)30-18-20(2)3)31(16-15-21-11-9-8-10-12-21)26(32)19-34-25-14-13-22(17-23(25)29)28(4,5)6/h8-14,17,20,24H,7,15-16,18-19H2,1-6H3,(H,30,33)/t24-/m1/s1. The maximum Gasteiger partial charge on any atom is 0.261 e. The van der Waals surface area contributed by atoms with E-state index < -0.39 is 6.04 Å². The predicted octanol–water partition coefficient (Wildman–Crippen LogP) is 5.75. The summed E-state index contributed by atoms with van der Waals surface area (Å²) in [5.74, 6) is 0.635. The number of carbonyl (C=O) groups excluding carboxylic acids is 2. The summed E-state index contributed by atoms with van der Waals surface area (Å²) in [6, 6.07) is 15.4. The highest BCUT2D eigenvalue weighted by atomic mass is 79.9. The summed E-state index contributed by atoms with van der Waals surface area (Å²) in [6.07, 6.45) is 1.21. The molecule has 0 saturated carbocycles. The summed E-state index contributed by atoms with van der Waals surface area (Å²) in [5, 5.41) is 2.99. The van der Waals surface area contributed by atoms with Gasteiger partial charge in [-0.2, -0.15) is 0 Å². The molecule has 0 aliphatic carbocycles. The van der Waals surface area contributed by atoms with Gasteiger partial charge in [0.2, 0.25) is 5.91 Å². The lowest BCUT2D eigenvalue weighted by molar-refractivity contribution is -0.142. The molecule has 0 unspecified atom stereocenters. The van der Waals surface area contributed by atoms with E-state index in [1.807, 2.05) is 55.5 Å². The second kappa shape index (κ2) is 12.9. The average molecular weight is 532 g/mol. The molecule has 0 heterocycles. The second-order valence-corrected chi connectivity index (χ2v) is 10.9. The predicted molar refractivity (Wildman–Crippen MR) is 142 cm³/mol. The number of carbonyl (C=O) groups is 2. The summed E-state index contributed by atoms with van der Waals surface area (Å²) >= 11 is 3.57. The quantitative estimate of drug-likeness (QED) is 0.402. The molecule has 0 radical (unpaired) electrons. The van der Waals surface area contributed by atoms with Gasteiger partial charge in [0.15, 0.2) is 6.61 Å². The Hall–Kier alpha value is -2.34. The van der Waals surface area contributed by atoms with Crippen LogP contribution in [0.25, 0.3) is 0 Å². The van der Waals surface area contributed by atoms with Gasteiger partial charge in [0.05, 0.1) is 4.47 Å². The van der Waals surface area contributed by atoms with Gasteiger partial charge in [0.25, 0.3) is 5.91 Å². The molecule has 0 aliphatic rings. The van der Waals surface area contributed by atoms with Gasteiger partial charge < -0.3 is 15.0 Å². The van der Waals surface area contributed by atoms with Crippen molar-refractivity contribution in [3.8, 4) is 5.75 Å². The lowest BCUT2D eigenvalue weighted by Crippen LogP contribution is -2.51. The lowest BCUT2D eigenvalue weighted by Gasteiger charge is -2.31. The van der Waals surface area contributed by atoms with E-state index in [0.29, 0.717) is 37.6 Å². The van der Waals surface area contributed by atoms with Crippen molar-refractivity contribution in [3.05, 3.63) is 64.1 Å². The topological polar surface area (TPSA) is 58.6 Å². The summed E-state index contributed by atoms with van der Waals surface area (Å²) < 4.78 is 6.71. The first kappa shape index (κ1) is 27.9. The van der Waals surface area contributed by atoms with Gasteiger partial charge >= 0.3 is 0 Å². The van der Waals surface area contributed by atoms with E-state index >= 15 is 0 Å². The fourth-order valence-corrected chi connectivity index (χ4v) is 4.12. The molecule has 0 bridgehead atoms. The highest BCUT2D eigenvalue weighted by molar-refractivity contribution is 9.10. The molecule has 0 saturated heterocycles. The molecule has 6 heteroatoms. The zero-order chi connectivity index (χ0) is 25.3. The Balaban J connectivity index is 2.16. The van der Waals surface area contributed by atoms with Crippen molar-refractivity contribution in [1.82, 2.24) is 10.2 Å². The van der Waals surface area contributed by atoms with Crippen molar-refractivity contribution >= 4 is 27.7 Å². The van der Waals surface area contributed by atoms with Crippen LogP contribution in [-0.2, 0) is 21.4 Å². The SMILES string of the molecule is CC[C@H](C(=O)NCC(C)C)N(CCc1ccccc1)C(=O)COc1ccc(C(C)(C)C)cc1Br. The molecule has 2 aromatic rings. The molecule has 0 fully saturated rings. The molecule has 2 aromatic carbocycles. The zero-order valence-electron chi connectivity index (χ0n) is 21.4. The van der Waals surface area contributed by atoms with Crippen LogP contribution in [0.1, 0.15) is 59.1 Å². The number of halogens is 1. The van der Waals surface area contributed by atoms with Crippen molar-refractivity contribution in [2.45, 2.75) is 65.8 Å². The first-order valence-corrected chi connectivity index (χ1v) is 12.9. The van der Waals surface area contributed by atoms with E-state index in [1.165, 1.54) is 5.56 Å². The first-order chi connectivity index (χ1) is 16.0. The highest BCUT2D eigenvalue weighted by Crippen LogP contribution is 2.31. The Morgan fingerprint density at radius 2 is 1.76 bits per heavy atom. The third-order valence-corrected chi connectivity index (χ3v) is 6.32. The summed E-state index contributed by atoms with van der Waals surface area (Å²) in [4.78, 5) is 27.9. The third kappa shape index (κ3) is 8.46. The summed E-state index contributed by atoms with van der Waals surface area (Å²) in [6.45, 7) is 13.4. The second-order valence-electron chi connectivity index (χ2n) is 10.1. The fourth-order valence-electron chi connectivity index (χ4n) is 3.63. The van der Waals surface area contributed by atoms with Gasteiger partial charge in [-0.25, -0.2) is 0 Å². The van der Waals surface area contributed by atoms with Crippen molar-refractivity contribution in [3.63, 3.8) is 0 Å². The Morgan fingerprint density at radius 3 is 2.32 bits per heavy atom. The number of hydrogen-bond donors (Lipinski definition) is 1. The fraction of sp³-hybridized carbons (Fsp3) is 0.500. The van der Waals surface area contributed by atoms with Gasteiger partial charge in [0, 0.05) is 13.1 Å². The molecular weight excluding hydrogens is 492 g/mol. The number of nitrogens with zero attached hydrogens (tertiary/aromatic N) is 1. The number of rotatable bonds is 11. The van der Waals surface area contributed by atoms with Crippen molar-refractivity contribution < 1.29 is 14.3 Å². The smallest absolute Gasteiger partial charge is 0.261 e. The monoisotopic (exact) mass is 530 g/mol. The van der Waals surface area contributed by atoms with Crippen LogP contribution < -0.4 is 10.1 Å². The van der Waals surface area contributed by atoms with Crippen LogP contribution >= 0.6 is 15.9 Å². The third-order valence-electron chi connectivity index (χ3n) is 5.70. The molecule has 186 valence electrons. The minimum atomic E-state index is -0.537. The van der Waals surface area contributed by atoms with Crippen molar-refractivity contribution in [2.75, 3.05) is 19.7 Å². The maximum absolute atomic E-state index is 13.3. The molecule has 0 aromatic heterocycles. The van der Waals surface area contributed by atoms with E-state index in [9.17, 15) is 9.59 Å². The largest absolute Gasteiger partial charge is 0.483 e. The molecule has 2 amide bonds. The summed E-state index contributed by atoms with van der Waals surface area (Å²) in [7, 11) is 0. The Bertz CT molecular complexity index is 938. The van der Waals surface area contributed by atoms with E-state index in [1.54, 1.807) is 4.90 Å². The minimum Gasteiger partial charge on any atom is -0.483 e. The summed E-state index contributed by atoms with van der Waals surface area (Å²) in [5.41, 5.74) is 2.32. The Morgan fingerprint density at radius 1 is 1.09 bits per heavy atom. The highest BCUT2D eigenvalue weighted by Gasteiger charge is 2.28. The Labute approximate surface area is 213 Å². The molecule has 2 rings (SSSR count). The van der Waals surface area contributed by atoms with Gasteiger partial charge in [-0.1, -0.05) is 77.9 Å². The number of nitrogens with one attached hydrogen (secondary N) is 1. The molecule has 5 nitrogen and oxygen atoms in total. The molecule has 1 atom stereocenters. The van der Waals surface area contributed by atoms with Gasteiger partial charge in [-0.05, 0) is 63.4 Å². The maximum atomic E-state index is 13.3. The molecular formula is C28H39BrN2O3. The van der Waals surface area contributed by atoms with E-state index in [0.717, 1.165) is 10.0 Å². The number of benzene rings is 2. The zero-order valence-corrected chi connectivity index (χ0v) is 22.9. The minimum absolute atomic E-state index is 0.0167.